The molecule has 1 aliphatic rings. The van der Waals surface area contributed by atoms with E-state index in [4.69, 9.17) is 4.74 Å². The summed E-state index contributed by atoms with van der Waals surface area (Å²) in [5.41, 5.74) is 3.11. The van der Waals surface area contributed by atoms with Crippen LogP contribution in [0.1, 0.15) is 25.0 Å². The molecule has 8 heteroatoms. The normalized spacial score (nSPS) is 16.6. The van der Waals surface area contributed by atoms with E-state index in [0.29, 0.717) is 5.71 Å². The van der Waals surface area contributed by atoms with Crippen LogP contribution in [0, 0.1) is 19.8 Å². The summed E-state index contributed by atoms with van der Waals surface area (Å²) in [5.74, 6) is -1.60. The molecular weight excluding hydrogens is 354 g/mol. The fraction of sp³-hybridized carbons (Fsp3) is 0.389. The molecule has 1 heterocycles. The summed E-state index contributed by atoms with van der Waals surface area (Å²) in [7, 11) is 0. The van der Waals surface area contributed by atoms with Gasteiger partial charge in [-0.2, -0.15) is 9.98 Å². The van der Waals surface area contributed by atoms with E-state index in [9.17, 15) is 14.4 Å². The first-order valence-corrected chi connectivity index (χ1v) is 9.14. The van der Waals surface area contributed by atoms with Gasteiger partial charge < -0.3 is 10.1 Å². The maximum absolute atomic E-state index is 12.2. The lowest BCUT2D eigenvalue weighted by molar-refractivity contribution is -0.143. The van der Waals surface area contributed by atoms with E-state index in [0.717, 1.165) is 28.6 Å². The van der Waals surface area contributed by atoms with Gasteiger partial charge in [0.05, 0.1) is 17.4 Å². The van der Waals surface area contributed by atoms with Crippen molar-refractivity contribution in [3.05, 3.63) is 29.3 Å². The molecule has 7 nitrogen and oxygen atoms in total. The van der Waals surface area contributed by atoms with Crippen LogP contribution in [0.15, 0.2) is 28.2 Å². The average Bonchev–Trinajstić information content (AvgIpc) is 2.55. The van der Waals surface area contributed by atoms with Crippen molar-refractivity contribution in [1.82, 2.24) is 0 Å². The van der Waals surface area contributed by atoms with Gasteiger partial charge in [-0.1, -0.05) is 29.5 Å². The Morgan fingerprint density at radius 2 is 1.96 bits per heavy atom. The Balaban J connectivity index is 2.04. The Kier molecular flexibility index (Phi) is 6.68. The zero-order valence-electron chi connectivity index (χ0n) is 15.2. The molecule has 0 fully saturated rings. The number of nitrogens with zero attached hydrogens (tertiary/aromatic N) is 2. The third-order valence-corrected chi connectivity index (χ3v) is 4.70. The van der Waals surface area contributed by atoms with Gasteiger partial charge in [0.2, 0.25) is 5.91 Å². The standard InChI is InChI=1S/C18H21N3O4S/c1-5-25-17(23)15-12(4)19-18(24)21-16(15)26-9-14(22)20-13-7-6-10(2)8-11(13)3/h6-8,15H,5,9H2,1-4H3,(H,20,22). The van der Waals surface area contributed by atoms with Crippen LogP contribution in [-0.4, -0.2) is 41.0 Å². The zero-order valence-corrected chi connectivity index (χ0v) is 16.0. The topological polar surface area (TPSA) is 97.2 Å². The molecule has 1 aromatic rings. The molecule has 2 rings (SSSR count). The number of hydrogen-bond acceptors (Lipinski definition) is 5. The molecule has 0 saturated heterocycles. The number of carbonyl (C=O) groups excluding carboxylic acids is 3. The zero-order chi connectivity index (χ0) is 19.3. The SMILES string of the molecule is CCOC(=O)C1C(C)=NC(=O)N=C1SCC(=O)Nc1ccc(C)cc1C. The number of ether oxygens (including phenoxy) is 1. The van der Waals surface area contributed by atoms with Crippen molar-refractivity contribution in [2.45, 2.75) is 27.7 Å². The van der Waals surface area contributed by atoms with Crippen molar-refractivity contribution in [1.29, 1.82) is 0 Å². The highest BCUT2D eigenvalue weighted by Crippen LogP contribution is 2.22. The molecule has 0 bridgehead atoms. The highest BCUT2D eigenvalue weighted by molar-refractivity contribution is 8.14. The molecule has 1 atom stereocenters. The van der Waals surface area contributed by atoms with Gasteiger partial charge in [0.25, 0.3) is 0 Å². The third kappa shape index (κ3) is 5.01. The summed E-state index contributed by atoms with van der Waals surface area (Å²) in [4.78, 5) is 43.5. The van der Waals surface area contributed by atoms with Gasteiger partial charge in [-0.25, -0.2) is 4.79 Å². The number of urea groups is 1. The molecule has 138 valence electrons. The fourth-order valence-electron chi connectivity index (χ4n) is 2.47. The minimum atomic E-state index is -0.841. The van der Waals surface area contributed by atoms with Crippen molar-refractivity contribution < 1.29 is 19.1 Å². The van der Waals surface area contributed by atoms with E-state index in [-0.39, 0.29) is 23.3 Å². The van der Waals surface area contributed by atoms with Crippen LogP contribution in [-0.2, 0) is 14.3 Å². The molecule has 0 aliphatic carbocycles. The fourth-order valence-corrected chi connectivity index (χ4v) is 3.40. The molecule has 1 unspecified atom stereocenters. The van der Waals surface area contributed by atoms with Gasteiger partial charge in [0, 0.05) is 11.4 Å². The van der Waals surface area contributed by atoms with Crippen LogP contribution in [0.25, 0.3) is 0 Å². The van der Waals surface area contributed by atoms with E-state index >= 15 is 0 Å². The number of amides is 3. The quantitative estimate of drug-likeness (QED) is 0.797. The number of rotatable bonds is 5. The van der Waals surface area contributed by atoms with Gasteiger partial charge in [-0.05, 0) is 39.3 Å². The number of benzene rings is 1. The predicted molar refractivity (Wildman–Crippen MR) is 103 cm³/mol. The van der Waals surface area contributed by atoms with E-state index in [1.54, 1.807) is 13.8 Å². The van der Waals surface area contributed by atoms with Gasteiger partial charge in [-0.15, -0.1) is 0 Å². The molecule has 26 heavy (non-hydrogen) atoms. The summed E-state index contributed by atoms with van der Waals surface area (Å²) in [5, 5.41) is 3.06. The number of hydrogen-bond donors (Lipinski definition) is 1. The average molecular weight is 375 g/mol. The van der Waals surface area contributed by atoms with Gasteiger partial charge in [0.1, 0.15) is 5.92 Å². The van der Waals surface area contributed by atoms with E-state index in [2.05, 4.69) is 15.3 Å². The van der Waals surface area contributed by atoms with Gasteiger partial charge >= 0.3 is 12.0 Å². The second-order valence-electron chi connectivity index (χ2n) is 5.83. The Morgan fingerprint density at radius 3 is 2.62 bits per heavy atom. The van der Waals surface area contributed by atoms with Crippen LogP contribution >= 0.6 is 11.8 Å². The van der Waals surface area contributed by atoms with Crippen LogP contribution in [0.4, 0.5) is 10.5 Å². The second kappa shape index (κ2) is 8.75. The number of nitrogens with one attached hydrogen (secondary N) is 1. The molecule has 0 spiro atoms. The summed E-state index contributed by atoms with van der Waals surface area (Å²) in [6, 6.07) is 5.05. The van der Waals surface area contributed by atoms with E-state index in [1.165, 1.54) is 0 Å². The van der Waals surface area contributed by atoms with Crippen LogP contribution in [0.3, 0.4) is 0 Å². The minimum Gasteiger partial charge on any atom is -0.465 e. The van der Waals surface area contributed by atoms with Crippen LogP contribution in [0.2, 0.25) is 0 Å². The first-order chi connectivity index (χ1) is 12.3. The lowest BCUT2D eigenvalue weighted by Crippen LogP contribution is -2.34. The first kappa shape index (κ1) is 19.8. The molecule has 1 aromatic carbocycles. The number of aliphatic imine (C=N–C) groups is 2. The van der Waals surface area contributed by atoms with E-state index in [1.807, 2.05) is 32.0 Å². The largest absolute Gasteiger partial charge is 0.465 e. The van der Waals surface area contributed by atoms with Crippen LogP contribution < -0.4 is 5.32 Å². The smallest absolute Gasteiger partial charge is 0.367 e. The van der Waals surface area contributed by atoms with Crippen molar-refractivity contribution >= 4 is 46.1 Å². The Bertz CT molecular complexity index is 802. The molecule has 1 N–H and O–H groups in total. The number of thioether (sulfide) groups is 1. The van der Waals surface area contributed by atoms with Crippen molar-refractivity contribution in [2.24, 2.45) is 15.9 Å². The number of esters is 1. The highest BCUT2D eigenvalue weighted by Gasteiger charge is 2.33. The molecule has 1 aliphatic heterocycles. The Labute approximate surface area is 156 Å². The van der Waals surface area contributed by atoms with Gasteiger partial charge in [0.15, 0.2) is 0 Å². The maximum Gasteiger partial charge on any atom is 0.367 e. The number of anilines is 1. The van der Waals surface area contributed by atoms with Crippen molar-refractivity contribution in [3.63, 3.8) is 0 Å². The monoisotopic (exact) mass is 375 g/mol. The molecule has 3 amide bonds. The molecule has 0 aromatic heterocycles. The maximum atomic E-state index is 12.2. The minimum absolute atomic E-state index is 0.0165. The second-order valence-corrected chi connectivity index (χ2v) is 6.82. The summed E-state index contributed by atoms with van der Waals surface area (Å²) in [6.07, 6.45) is 0. The molecule has 0 radical (unpaired) electrons. The predicted octanol–water partition coefficient (Wildman–Crippen LogP) is 3.15. The first-order valence-electron chi connectivity index (χ1n) is 8.16. The summed E-state index contributed by atoms with van der Waals surface area (Å²) >= 11 is 1.04. The lowest BCUT2D eigenvalue weighted by atomic mass is 10.1. The van der Waals surface area contributed by atoms with Crippen molar-refractivity contribution in [3.8, 4) is 0 Å². The lowest BCUT2D eigenvalue weighted by Gasteiger charge is -2.19. The molecular formula is C18H21N3O4S. The van der Waals surface area contributed by atoms with E-state index < -0.39 is 17.9 Å². The Morgan fingerprint density at radius 1 is 1.23 bits per heavy atom. The highest BCUT2D eigenvalue weighted by atomic mass is 32.2. The number of carbonyl (C=O) groups is 3. The third-order valence-electron chi connectivity index (χ3n) is 3.67. The van der Waals surface area contributed by atoms with Crippen molar-refractivity contribution in [2.75, 3.05) is 17.7 Å². The molecule has 0 saturated carbocycles. The van der Waals surface area contributed by atoms with Gasteiger partial charge in [-0.3, -0.25) is 9.59 Å². The summed E-state index contributed by atoms with van der Waals surface area (Å²) in [6.45, 7) is 7.37. The summed E-state index contributed by atoms with van der Waals surface area (Å²) < 4.78 is 5.02. The number of aryl methyl sites for hydroxylation is 2. The Hall–Kier alpha value is -2.48. The van der Waals surface area contributed by atoms with Crippen LogP contribution in [0.5, 0.6) is 0 Å².